The van der Waals surface area contributed by atoms with E-state index in [2.05, 4.69) is 0 Å². The van der Waals surface area contributed by atoms with E-state index in [9.17, 15) is 8.42 Å². The van der Waals surface area contributed by atoms with Crippen LogP contribution in [0.4, 0.5) is 0 Å². The molecule has 0 radical (unpaired) electrons. The number of hydrogen-bond acceptors (Lipinski definition) is 4. The summed E-state index contributed by atoms with van der Waals surface area (Å²) in [7, 11) is -2.49. The first-order valence-corrected chi connectivity index (χ1v) is 4.41. The molecule has 5 nitrogen and oxygen atoms in total. The zero-order valence-corrected chi connectivity index (χ0v) is 7.05. The van der Waals surface area contributed by atoms with Gasteiger partial charge < -0.3 is 4.84 Å². The Balaban J connectivity index is 2.99. The quantitative estimate of drug-likeness (QED) is 0.573. The van der Waals surface area contributed by atoms with Gasteiger partial charge in [-0.15, -0.1) is 5.06 Å². The minimum atomic E-state index is -4.07. The zero-order valence-electron chi connectivity index (χ0n) is 6.23. The Kier molecular flexibility index (Phi) is 1.91. The third-order valence-corrected chi connectivity index (χ3v) is 2.40. The molecule has 1 N–H and O–H groups in total. The molecule has 1 heterocycles. The van der Waals surface area contributed by atoms with E-state index in [0.29, 0.717) is 0 Å². The second-order valence-corrected chi connectivity index (χ2v) is 3.77. The van der Waals surface area contributed by atoms with Crippen LogP contribution in [0.15, 0.2) is 10.7 Å². The summed E-state index contributed by atoms with van der Waals surface area (Å²) in [6.45, 7) is 1.59. The molecule has 0 aliphatic carbocycles. The lowest BCUT2D eigenvalue weighted by Gasteiger charge is -2.05. The summed E-state index contributed by atoms with van der Waals surface area (Å²) in [4.78, 5) is 4.80. The molecule has 0 amide bonds. The lowest BCUT2D eigenvalue weighted by molar-refractivity contribution is -0.0657. The van der Waals surface area contributed by atoms with Crippen LogP contribution in [0.1, 0.15) is 6.92 Å². The average molecular weight is 179 g/mol. The molecule has 0 unspecified atom stereocenters. The second-order valence-electron chi connectivity index (χ2n) is 2.33. The van der Waals surface area contributed by atoms with Gasteiger partial charge in [-0.1, -0.05) is 0 Å². The average Bonchev–Trinajstić information content (AvgIpc) is 2.08. The maximum atomic E-state index is 10.6. The fourth-order valence-corrected chi connectivity index (χ4v) is 1.64. The Morgan fingerprint density at radius 1 is 1.64 bits per heavy atom. The molecule has 0 spiro atoms. The molecule has 6 heteroatoms. The minimum Gasteiger partial charge on any atom is -0.409 e. The zero-order chi connectivity index (χ0) is 8.65. The van der Waals surface area contributed by atoms with E-state index in [4.69, 9.17) is 9.39 Å². The first-order valence-electron chi connectivity index (χ1n) is 2.97. The molecular formula is C5H9NO4S. The van der Waals surface area contributed by atoms with Crippen LogP contribution in [-0.2, 0) is 15.0 Å². The summed E-state index contributed by atoms with van der Waals surface area (Å²) >= 11 is 0. The van der Waals surface area contributed by atoms with Gasteiger partial charge in [-0.3, -0.25) is 4.55 Å². The van der Waals surface area contributed by atoms with Crippen molar-refractivity contribution in [1.82, 2.24) is 5.06 Å². The van der Waals surface area contributed by atoms with Gasteiger partial charge in [0.25, 0.3) is 10.1 Å². The molecule has 1 aliphatic rings. The molecule has 0 bridgehead atoms. The first-order chi connectivity index (χ1) is 4.91. The van der Waals surface area contributed by atoms with Crippen molar-refractivity contribution in [2.75, 3.05) is 13.6 Å². The van der Waals surface area contributed by atoms with Crippen molar-refractivity contribution in [3.8, 4) is 0 Å². The van der Waals surface area contributed by atoms with E-state index in [0.717, 1.165) is 0 Å². The molecule has 0 aromatic heterocycles. The maximum Gasteiger partial charge on any atom is 0.295 e. The molecule has 0 aromatic carbocycles. The number of allylic oxidation sites excluding steroid dienone is 1. The van der Waals surface area contributed by atoms with E-state index in [1.807, 2.05) is 0 Å². The van der Waals surface area contributed by atoms with Gasteiger partial charge in [-0.2, -0.15) is 8.42 Å². The Hall–Kier alpha value is -0.590. The lowest BCUT2D eigenvalue weighted by atomic mass is 10.5. The number of likely N-dealkylation sites (N-methyl/N-ethyl adjacent to an activating group) is 1. The molecule has 0 fully saturated rings. The van der Waals surface area contributed by atoms with Crippen LogP contribution >= 0.6 is 0 Å². The van der Waals surface area contributed by atoms with E-state index in [1.54, 1.807) is 7.05 Å². The summed E-state index contributed by atoms with van der Waals surface area (Å²) in [5, 5.41) is 1.33. The van der Waals surface area contributed by atoms with Gasteiger partial charge in [0.1, 0.15) is 10.7 Å². The first kappa shape index (κ1) is 8.51. The van der Waals surface area contributed by atoms with Crippen molar-refractivity contribution < 1.29 is 17.8 Å². The predicted molar refractivity (Wildman–Crippen MR) is 38.0 cm³/mol. The van der Waals surface area contributed by atoms with E-state index < -0.39 is 10.1 Å². The number of nitrogens with zero attached hydrogens (tertiary/aromatic N) is 1. The van der Waals surface area contributed by atoms with Gasteiger partial charge in [-0.05, 0) is 6.92 Å². The summed E-state index contributed by atoms with van der Waals surface area (Å²) in [6, 6.07) is 0. The number of hydrogen-bond donors (Lipinski definition) is 1. The molecule has 1 aliphatic heterocycles. The van der Waals surface area contributed by atoms with Crippen LogP contribution in [0.25, 0.3) is 0 Å². The van der Waals surface area contributed by atoms with Crippen LogP contribution in [0.2, 0.25) is 0 Å². The highest BCUT2D eigenvalue weighted by molar-refractivity contribution is 7.89. The second kappa shape index (κ2) is 2.47. The Morgan fingerprint density at radius 3 is 2.36 bits per heavy atom. The fourth-order valence-electron chi connectivity index (χ4n) is 0.894. The highest BCUT2D eigenvalue weighted by Crippen LogP contribution is 2.20. The normalized spacial score (nSPS) is 20.6. The highest BCUT2D eigenvalue weighted by Gasteiger charge is 2.27. The third kappa shape index (κ3) is 1.70. The Labute approximate surface area is 65.0 Å². The van der Waals surface area contributed by atoms with Crippen molar-refractivity contribution in [1.29, 1.82) is 0 Å². The van der Waals surface area contributed by atoms with Crippen molar-refractivity contribution in [2.24, 2.45) is 0 Å². The molecule has 0 aromatic rings. The van der Waals surface area contributed by atoms with Crippen LogP contribution in [0.5, 0.6) is 0 Å². The molecule has 0 saturated carbocycles. The van der Waals surface area contributed by atoms with Crippen LogP contribution in [0, 0.1) is 0 Å². The van der Waals surface area contributed by atoms with Crippen LogP contribution in [0.3, 0.4) is 0 Å². The van der Waals surface area contributed by atoms with Crippen molar-refractivity contribution >= 4 is 10.1 Å². The van der Waals surface area contributed by atoms with Gasteiger partial charge in [-0.25, -0.2) is 0 Å². The molecule has 11 heavy (non-hydrogen) atoms. The Bertz CT molecular complexity index is 292. The monoisotopic (exact) mass is 179 g/mol. The van der Waals surface area contributed by atoms with E-state index >= 15 is 0 Å². The van der Waals surface area contributed by atoms with Gasteiger partial charge in [0, 0.05) is 7.05 Å². The largest absolute Gasteiger partial charge is 0.409 e. The standard InChI is InChI=1S/C5H9NO4S/c1-4-5(11(7,8)9)3-6(2)10-4/h3H2,1-2H3,(H,7,8,9). The number of hydroxylamine groups is 2. The fraction of sp³-hybridized carbons (Fsp3) is 0.600. The molecule has 64 valence electrons. The van der Waals surface area contributed by atoms with Gasteiger partial charge >= 0.3 is 0 Å². The topological polar surface area (TPSA) is 66.8 Å². The van der Waals surface area contributed by atoms with E-state index in [-0.39, 0.29) is 17.2 Å². The molecule has 0 atom stereocenters. The molecular weight excluding hydrogens is 170 g/mol. The SMILES string of the molecule is CC1=C(S(=O)(=O)O)CN(C)O1. The summed E-state index contributed by atoms with van der Waals surface area (Å²) < 4.78 is 29.8. The van der Waals surface area contributed by atoms with Crippen molar-refractivity contribution in [2.45, 2.75) is 6.92 Å². The Morgan fingerprint density at radius 2 is 2.18 bits per heavy atom. The van der Waals surface area contributed by atoms with Crippen molar-refractivity contribution in [3.63, 3.8) is 0 Å². The van der Waals surface area contributed by atoms with Gasteiger partial charge in [0.05, 0.1) is 6.54 Å². The van der Waals surface area contributed by atoms with Gasteiger partial charge in [0.15, 0.2) is 0 Å². The van der Waals surface area contributed by atoms with Crippen LogP contribution < -0.4 is 0 Å². The molecule has 0 saturated heterocycles. The number of rotatable bonds is 1. The van der Waals surface area contributed by atoms with Crippen LogP contribution in [-0.4, -0.2) is 31.6 Å². The molecule has 1 rings (SSSR count). The summed E-state index contributed by atoms with van der Waals surface area (Å²) in [5.41, 5.74) is 0. The van der Waals surface area contributed by atoms with Gasteiger partial charge in [0.2, 0.25) is 0 Å². The summed E-state index contributed by atoms with van der Waals surface area (Å²) in [5.74, 6) is 0.231. The predicted octanol–water partition coefficient (Wildman–Crippen LogP) is -0.0173. The lowest BCUT2D eigenvalue weighted by Crippen LogP contribution is -2.15. The third-order valence-electron chi connectivity index (χ3n) is 1.36. The maximum absolute atomic E-state index is 10.6. The highest BCUT2D eigenvalue weighted by atomic mass is 32.2. The smallest absolute Gasteiger partial charge is 0.295 e. The minimum absolute atomic E-state index is 0.0694. The summed E-state index contributed by atoms with van der Waals surface area (Å²) in [6.07, 6.45) is 0. The van der Waals surface area contributed by atoms with E-state index in [1.165, 1.54) is 12.0 Å². The van der Waals surface area contributed by atoms with Crippen molar-refractivity contribution in [3.05, 3.63) is 10.7 Å².